The quantitative estimate of drug-likeness (QED) is 0.142. The Hall–Kier alpha value is -3.77. The van der Waals surface area contributed by atoms with Crippen LogP contribution in [-0.4, -0.2) is 54.9 Å². The van der Waals surface area contributed by atoms with Gasteiger partial charge in [0.1, 0.15) is 0 Å². The maximum atomic E-state index is 12.9. The molecule has 3 amide bonds. The molecule has 0 spiro atoms. The Kier molecular flexibility index (Phi) is 11.0. The largest absolute Gasteiger partial charge is 0.343 e. The first-order valence-electron chi connectivity index (χ1n) is 15.1. The van der Waals surface area contributed by atoms with E-state index in [0.29, 0.717) is 38.8 Å². The van der Waals surface area contributed by atoms with Gasteiger partial charge in [0, 0.05) is 36.5 Å². The van der Waals surface area contributed by atoms with Gasteiger partial charge < -0.3 is 4.90 Å². The van der Waals surface area contributed by atoms with Crippen LogP contribution in [-0.2, 0) is 27.8 Å². The number of nitrogens with zero attached hydrogens (tertiary/aromatic N) is 3. The molecular weight excluding hydrogens is 679 g/mol. The first-order valence-corrected chi connectivity index (χ1v) is 18.4. The zero-order chi connectivity index (χ0) is 33.7. The van der Waals surface area contributed by atoms with Gasteiger partial charge in [0.05, 0.1) is 32.6 Å². The van der Waals surface area contributed by atoms with Gasteiger partial charge in [0.25, 0.3) is 11.8 Å². The second-order valence-corrected chi connectivity index (χ2v) is 15.4. The molecule has 0 atom stereocenters. The Bertz CT molecular complexity index is 1860. The monoisotopic (exact) mass is 712 g/mol. The van der Waals surface area contributed by atoms with Crippen LogP contribution in [0.25, 0.3) is 11.3 Å². The second-order valence-electron chi connectivity index (χ2n) is 11.7. The van der Waals surface area contributed by atoms with Crippen molar-refractivity contribution in [1.82, 2.24) is 14.6 Å². The van der Waals surface area contributed by atoms with E-state index in [-0.39, 0.29) is 25.9 Å². The highest BCUT2D eigenvalue weighted by atomic mass is 35.5. The fourth-order valence-electron chi connectivity index (χ4n) is 5.27. The fraction of sp³-hybridized carbons (Fsp3) is 0.294. The number of benzene rings is 3. The normalized spacial score (nSPS) is 12.9. The summed E-state index contributed by atoms with van der Waals surface area (Å²) >= 11 is 14.0. The van der Waals surface area contributed by atoms with E-state index in [2.05, 4.69) is 18.6 Å². The van der Waals surface area contributed by atoms with Gasteiger partial charge in [-0.2, -0.15) is 0 Å². The number of halogens is 2. The summed E-state index contributed by atoms with van der Waals surface area (Å²) in [5.74, 6) is -1.62. The van der Waals surface area contributed by atoms with Crippen molar-refractivity contribution in [3.8, 4) is 11.3 Å². The zero-order valence-corrected chi connectivity index (χ0v) is 29.1. The molecule has 0 aliphatic carbocycles. The van der Waals surface area contributed by atoms with Crippen molar-refractivity contribution < 1.29 is 22.8 Å². The van der Waals surface area contributed by atoms with Crippen LogP contribution in [0.5, 0.6) is 0 Å². The summed E-state index contributed by atoms with van der Waals surface area (Å²) in [6, 6.07) is 21.6. The average Bonchev–Trinajstić information content (AvgIpc) is 3.55. The summed E-state index contributed by atoms with van der Waals surface area (Å²) in [6.07, 6.45) is 0.668. The van der Waals surface area contributed by atoms with Crippen molar-refractivity contribution in [2.75, 3.05) is 23.7 Å². The number of hydrogen-bond acceptors (Lipinski definition) is 8. The molecule has 5 rings (SSSR count). The molecule has 1 aliphatic rings. The van der Waals surface area contributed by atoms with Gasteiger partial charge in [0.15, 0.2) is 5.13 Å². The summed E-state index contributed by atoms with van der Waals surface area (Å²) in [7, 11) is -4.01. The molecule has 246 valence electrons. The molecule has 9 nitrogen and oxygen atoms in total. The molecule has 2 heterocycles. The highest BCUT2D eigenvalue weighted by Gasteiger charge is 2.35. The molecule has 0 radical (unpaired) electrons. The van der Waals surface area contributed by atoms with Crippen molar-refractivity contribution in [1.29, 1.82) is 0 Å². The van der Waals surface area contributed by atoms with Gasteiger partial charge in [-0.15, -0.1) is 11.3 Å². The summed E-state index contributed by atoms with van der Waals surface area (Å²) in [6.45, 7) is 4.85. The molecule has 0 unspecified atom stereocenters. The maximum Gasteiger partial charge on any atom is 0.261 e. The Morgan fingerprint density at radius 3 is 2.26 bits per heavy atom. The van der Waals surface area contributed by atoms with Crippen molar-refractivity contribution in [3.63, 3.8) is 0 Å². The van der Waals surface area contributed by atoms with Gasteiger partial charge >= 0.3 is 0 Å². The number of anilines is 1. The minimum atomic E-state index is -4.01. The smallest absolute Gasteiger partial charge is 0.261 e. The Morgan fingerprint density at radius 1 is 0.957 bits per heavy atom. The van der Waals surface area contributed by atoms with E-state index in [1.807, 2.05) is 41.3 Å². The van der Waals surface area contributed by atoms with Crippen LogP contribution in [0.1, 0.15) is 57.8 Å². The first-order chi connectivity index (χ1) is 22.4. The fourth-order valence-corrected chi connectivity index (χ4v) is 7.94. The van der Waals surface area contributed by atoms with Crippen LogP contribution in [0.15, 0.2) is 72.8 Å². The molecular formula is C34H34Cl2N4O5S2. The Labute approximate surface area is 288 Å². The number of hydrogen-bond donors (Lipinski definition) is 1. The van der Waals surface area contributed by atoms with E-state index in [1.54, 1.807) is 36.4 Å². The molecule has 1 aliphatic heterocycles. The third-order valence-electron chi connectivity index (χ3n) is 7.51. The summed E-state index contributed by atoms with van der Waals surface area (Å²) in [5.41, 5.74) is 3.23. The van der Waals surface area contributed by atoms with Crippen LogP contribution < -0.4 is 9.62 Å². The molecule has 3 aromatic carbocycles. The third kappa shape index (κ3) is 8.58. The lowest BCUT2D eigenvalue weighted by Crippen LogP contribution is -2.37. The Morgan fingerprint density at radius 2 is 1.62 bits per heavy atom. The molecule has 0 saturated heterocycles. The number of nitrogens with one attached hydrogen (secondary N) is 1. The van der Waals surface area contributed by atoms with E-state index in [1.165, 1.54) is 11.3 Å². The molecule has 47 heavy (non-hydrogen) atoms. The average molecular weight is 714 g/mol. The second kappa shape index (κ2) is 15.0. The van der Waals surface area contributed by atoms with E-state index < -0.39 is 33.5 Å². The number of fused-ring (bicyclic) bond motifs is 1. The van der Waals surface area contributed by atoms with Gasteiger partial charge in [-0.1, -0.05) is 85.6 Å². The van der Waals surface area contributed by atoms with E-state index >= 15 is 0 Å². The molecule has 1 aromatic heterocycles. The number of carbonyl (C=O) groups is 3. The SMILES string of the molecule is CC(C)Cc1sc(N(CCC(=O)NS(=O)(=O)CCCN2C(=O)c3ccccc3C2=O)Cc2ccccc2)nc1-c1ccc(Cl)c(Cl)c1. The summed E-state index contributed by atoms with van der Waals surface area (Å²) in [5, 5.41) is 1.57. The maximum absolute atomic E-state index is 12.9. The number of sulfonamides is 1. The van der Waals surface area contributed by atoms with Crippen molar-refractivity contribution in [2.45, 2.75) is 39.7 Å². The van der Waals surface area contributed by atoms with Crippen LogP contribution in [0.4, 0.5) is 5.13 Å². The lowest BCUT2D eigenvalue weighted by molar-refractivity contribution is -0.119. The summed E-state index contributed by atoms with van der Waals surface area (Å²) < 4.78 is 27.7. The van der Waals surface area contributed by atoms with Gasteiger partial charge in [-0.05, 0) is 48.6 Å². The van der Waals surface area contributed by atoms with Crippen LogP contribution in [0, 0.1) is 5.92 Å². The lowest BCUT2D eigenvalue weighted by Gasteiger charge is -2.22. The number of imide groups is 1. The lowest BCUT2D eigenvalue weighted by atomic mass is 10.0. The van der Waals surface area contributed by atoms with Crippen molar-refractivity contribution >= 4 is 67.4 Å². The minimum Gasteiger partial charge on any atom is -0.343 e. The number of rotatable bonds is 14. The van der Waals surface area contributed by atoms with Crippen LogP contribution in [0.3, 0.4) is 0 Å². The number of amides is 3. The molecule has 0 fully saturated rings. The van der Waals surface area contributed by atoms with E-state index in [0.717, 1.165) is 33.0 Å². The van der Waals surface area contributed by atoms with Gasteiger partial charge in [0.2, 0.25) is 15.9 Å². The van der Waals surface area contributed by atoms with Crippen LogP contribution >= 0.6 is 34.5 Å². The van der Waals surface area contributed by atoms with Crippen LogP contribution in [0.2, 0.25) is 10.0 Å². The predicted molar refractivity (Wildman–Crippen MR) is 187 cm³/mol. The minimum absolute atomic E-state index is 0.0105. The molecule has 0 bridgehead atoms. The molecule has 1 N–H and O–H groups in total. The topological polar surface area (TPSA) is 117 Å². The van der Waals surface area contributed by atoms with E-state index in [9.17, 15) is 22.8 Å². The molecule has 0 saturated carbocycles. The molecule has 4 aromatic rings. The predicted octanol–water partition coefficient (Wildman–Crippen LogP) is 6.84. The number of carbonyl (C=O) groups excluding carboxylic acids is 3. The van der Waals surface area contributed by atoms with Gasteiger partial charge in [-0.25, -0.2) is 13.4 Å². The highest BCUT2D eigenvalue weighted by molar-refractivity contribution is 7.90. The van der Waals surface area contributed by atoms with Crippen molar-refractivity contribution in [2.24, 2.45) is 5.92 Å². The highest BCUT2D eigenvalue weighted by Crippen LogP contribution is 2.37. The van der Waals surface area contributed by atoms with E-state index in [4.69, 9.17) is 28.2 Å². The number of aromatic nitrogens is 1. The standard InChI is InChI=1S/C34H34Cl2N4O5S2/c1-22(2)19-29-31(24-13-14-27(35)28(36)20-24)37-34(46-29)39(21-23-9-4-3-5-10-23)17-15-30(41)38-47(44,45)18-8-16-40-32(42)25-11-6-7-12-26(25)33(40)43/h3-7,9-14,20,22H,8,15-19,21H2,1-2H3,(H,38,41). The zero-order valence-electron chi connectivity index (χ0n) is 25.9. The van der Waals surface area contributed by atoms with Crippen molar-refractivity contribution in [3.05, 3.63) is 104 Å². The molecule has 13 heteroatoms. The number of thiazole rings is 1. The summed E-state index contributed by atoms with van der Waals surface area (Å²) in [4.78, 5) is 47.2. The van der Waals surface area contributed by atoms with Gasteiger partial charge in [-0.3, -0.25) is 24.0 Å². The Balaban J connectivity index is 1.26. The first kappa shape index (κ1) is 34.6. The third-order valence-corrected chi connectivity index (χ3v) is 10.8.